The number of thiophene rings is 1. The molecule has 52 heavy (non-hydrogen) atoms. The highest BCUT2D eigenvalue weighted by Gasteiger charge is 2.28. The summed E-state index contributed by atoms with van der Waals surface area (Å²) in [6, 6.07) is 56.8. The van der Waals surface area contributed by atoms with Gasteiger partial charge in [0.1, 0.15) is 5.65 Å². The summed E-state index contributed by atoms with van der Waals surface area (Å²) in [6.07, 6.45) is 0. The topological polar surface area (TPSA) is 35.6 Å². The van der Waals surface area contributed by atoms with Gasteiger partial charge < -0.3 is 0 Å². The number of para-hydroxylation sites is 5. The summed E-state index contributed by atoms with van der Waals surface area (Å²) in [6.45, 7) is 0. The van der Waals surface area contributed by atoms with Crippen molar-refractivity contribution in [3.8, 4) is 33.9 Å². The van der Waals surface area contributed by atoms with E-state index in [-0.39, 0.29) is 0 Å². The fourth-order valence-corrected chi connectivity index (χ4v) is 10.4. The van der Waals surface area contributed by atoms with Crippen LogP contribution in [0.3, 0.4) is 0 Å². The van der Waals surface area contributed by atoms with Crippen LogP contribution in [0.15, 0.2) is 168 Å². The fraction of sp³-hybridized carbons (Fsp3) is 0. The zero-order chi connectivity index (χ0) is 33.9. The number of nitrogens with zero attached hydrogens (tertiary/aromatic N) is 4. The second kappa shape index (κ2) is 10.7. The molecule has 7 aromatic carbocycles. The summed E-state index contributed by atoms with van der Waals surface area (Å²) in [5.41, 5.74) is 11.6. The second-order valence-electron chi connectivity index (χ2n) is 13.4. The highest BCUT2D eigenvalue weighted by Crippen LogP contribution is 2.50. The second-order valence-corrected chi connectivity index (χ2v) is 15.5. The normalized spacial score (nSPS) is 12.5. The molecule has 0 spiro atoms. The van der Waals surface area contributed by atoms with Crippen LogP contribution in [-0.2, 0) is 0 Å². The van der Waals surface area contributed by atoms with E-state index in [9.17, 15) is 0 Å². The van der Waals surface area contributed by atoms with Crippen LogP contribution in [-0.4, -0.2) is 19.1 Å². The van der Waals surface area contributed by atoms with Crippen LogP contribution in [0, 0.1) is 0 Å². The van der Waals surface area contributed by atoms with E-state index in [0.717, 1.165) is 44.8 Å². The average molecular weight is 699 g/mol. The predicted octanol–water partition coefficient (Wildman–Crippen LogP) is 12.8. The molecule has 0 amide bonds. The maximum Gasteiger partial charge on any atom is 0.131 e. The summed E-state index contributed by atoms with van der Waals surface area (Å²) < 4.78 is 7.50. The Balaban J connectivity index is 1.18. The maximum atomic E-state index is 5.36. The van der Waals surface area contributed by atoms with Gasteiger partial charge in [-0.15, -0.1) is 11.3 Å². The van der Waals surface area contributed by atoms with E-state index in [0.29, 0.717) is 0 Å². The highest BCUT2D eigenvalue weighted by molar-refractivity contribution is 7.99. The van der Waals surface area contributed by atoms with Gasteiger partial charge in [-0.1, -0.05) is 103 Å². The zero-order valence-corrected chi connectivity index (χ0v) is 29.2. The van der Waals surface area contributed by atoms with Crippen LogP contribution in [0.4, 0.5) is 0 Å². The minimum absolute atomic E-state index is 0.878. The Morgan fingerprint density at radius 2 is 1.13 bits per heavy atom. The van der Waals surface area contributed by atoms with E-state index in [4.69, 9.17) is 9.97 Å². The first-order valence-electron chi connectivity index (χ1n) is 17.4. The monoisotopic (exact) mass is 698 g/mol. The Kier molecular flexibility index (Phi) is 5.84. The fourth-order valence-electron chi connectivity index (χ4n) is 8.24. The van der Waals surface area contributed by atoms with E-state index in [2.05, 4.69) is 155 Å². The lowest BCUT2D eigenvalue weighted by atomic mass is 10.0. The van der Waals surface area contributed by atoms with Crippen molar-refractivity contribution in [1.29, 1.82) is 0 Å². The largest absolute Gasteiger partial charge is 0.295 e. The molecule has 12 rings (SSSR count). The molecule has 0 atom stereocenters. The molecular formula is C46H26N4S2. The lowest BCUT2D eigenvalue weighted by molar-refractivity contribution is 1.03. The summed E-state index contributed by atoms with van der Waals surface area (Å²) in [5, 5.41) is 6.28. The Morgan fingerprint density at radius 1 is 0.462 bits per heavy atom. The van der Waals surface area contributed by atoms with Crippen LogP contribution in [0.2, 0.25) is 0 Å². The molecule has 0 fully saturated rings. The Bertz CT molecular complexity index is 3280. The van der Waals surface area contributed by atoms with Gasteiger partial charge >= 0.3 is 0 Å². The van der Waals surface area contributed by atoms with Crippen molar-refractivity contribution in [1.82, 2.24) is 19.1 Å². The predicted molar refractivity (Wildman–Crippen MR) is 219 cm³/mol. The molecule has 242 valence electrons. The van der Waals surface area contributed by atoms with E-state index in [1.54, 1.807) is 0 Å². The summed E-state index contributed by atoms with van der Waals surface area (Å²) >= 11 is 3.69. The molecule has 1 aliphatic rings. The smallest absolute Gasteiger partial charge is 0.131 e. The average Bonchev–Trinajstić information content (AvgIpc) is 3.86. The van der Waals surface area contributed by atoms with Crippen molar-refractivity contribution in [2.24, 2.45) is 0 Å². The first-order valence-corrected chi connectivity index (χ1v) is 19.0. The molecule has 5 heterocycles. The van der Waals surface area contributed by atoms with Gasteiger partial charge in [-0.05, 0) is 66.7 Å². The highest BCUT2D eigenvalue weighted by atomic mass is 32.2. The molecule has 0 N–H and O–H groups in total. The minimum atomic E-state index is 0.878. The third-order valence-corrected chi connectivity index (χ3v) is 12.7. The van der Waals surface area contributed by atoms with Gasteiger partial charge in [0, 0.05) is 62.9 Å². The third-order valence-electron chi connectivity index (χ3n) is 10.5. The van der Waals surface area contributed by atoms with Gasteiger partial charge in [-0.3, -0.25) is 9.13 Å². The van der Waals surface area contributed by atoms with Gasteiger partial charge in [0.15, 0.2) is 0 Å². The molecule has 0 radical (unpaired) electrons. The van der Waals surface area contributed by atoms with Crippen LogP contribution < -0.4 is 0 Å². The Hall–Kier alpha value is -6.21. The van der Waals surface area contributed by atoms with Gasteiger partial charge in [0.25, 0.3) is 0 Å². The number of aromatic nitrogens is 4. The molecular weight excluding hydrogens is 673 g/mol. The molecule has 11 aromatic rings. The van der Waals surface area contributed by atoms with Crippen molar-refractivity contribution in [3.05, 3.63) is 158 Å². The maximum absolute atomic E-state index is 5.36. The molecule has 0 aliphatic carbocycles. The summed E-state index contributed by atoms with van der Waals surface area (Å²) in [7, 11) is 0. The SMILES string of the molecule is c1ccc(-n2c3cc(-c4nc5ccccc5nc4-c4ccc5sc6ccccc6c5c4)ccc3c3c4cccc5c4n(c32)-c2ccccc2S5)cc1. The lowest BCUT2D eigenvalue weighted by Gasteiger charge is -2.21. The number of benzene rings is 7. The number of rotatable bonds is 3. The van der Waals surface area contributed by atoms with Crippen molar-refractivity contribution in [2.75, 3.05) is 0 Å². The van der Waals surface area contributed by atoms with Gasteiger partial charge in [0.05, 0.1) is 39.1 Å². The molecule has 0 bridgehead atoms. The molecule has 4 nitrogen and oxygen atoms in total. The molecule has 6 heteroatoms. The van der Waals surface area contributed by atoms with E-state index in [1.165, 1.54) is 63.0 Å². The number of hydrogen-bond acceptors (Lipinski definition) is 4. The van der Waals surface area contributed by atoms with Crippen LogP contribution in [0.1, 0.15) is 0 Å². The van der Waals surface area contributed by atoms with Crippen LogP contribution >= 0.6 is 23.1 Å². The van der Waals surface area contributed by atoms with Gasteiger partial charge in [0.2, 0.25) is 0 Å². The van der Waals surface area contributed by atoms with Crippen molar-refractivity contribution < 1.29 is 0 Å². The van der Waals surface area contributed by atoms with Crippen molar-refractivity contribution in [3.63, 3.8) is 0 Å². The quantitative estimate of drug-likeness (QED) is 0.184. The van der Waals surface area contributed by atoms with E-state index in [1.807, 2.05) is 35.2 Å². The van der Waals surface area contributed by atoms with Crippen LogP contribution in [0.25, 0.3) is 97.9 Å². The zero-order valence-electron chi connectivity index (χ0n) is 27.6. The van der Waals surface area contributed by atoms with Crippen molar-refractivity contribution in [2.45, 2.75) is 9.79 Å². The first kappa shape index (κ1) is 28.5. The third kappa shape index (κ3) is 3.93. The minimum Gasteiger partial charge on any atom is -0.295 e. The summed E-state index contributed by atoms with van der Waals surface area (Å²) in [5.74, 6) is 0. The van der Waals surface area contributed by atoms with Gasteiger partial charge in [-0.2, -0.15) is 0 Å². The van der Waals surface area contributed by atoms with Crippen LogP contribution in [0.5, 0.6) is 0 Å². The number of hydrogen-bond donors (Lipinski definition) is 0. The Morgan fingerprint density at radius 3 is 2.00 bits per heavy atom. The number of fused-ring (bicyclic) bond motifs is 11. The molecule has 0 unspecified atom stereocenters. The van der Waals surface area contributed by atoms with E-state index < -0.39 is 0 Å². The van der Waals surface area contributed by atoms with E-state index >= 15 is 0 Å². The first-order chi connectivity index (χ1) is 25.8. The lowest BCUT2D eigenvalue weighted by Crippen LogP contribution is -2.05. The Labute approximate surface area is 306 Å². The molecule has 0 saturated heterocycles. The molecule has 1 aliphatic heterocycles. The summed E-state index contributed by atoms with van der Waals surface area (Å²) in [4.78, 5) is 13.2. The standard InChI is InChI=1S/C46H26N4S2/c1-2-11-29(12-3-1)49-37-26-28(21-23-31(37)42-32-14-10-20-41-45(32)50(46(42)49)36-17-7-9-19-40(36)52-41)44-43(47-34-15-5-6-16-35(34)48-44)27-22-24-39-33(25-27)30-13-4-8-18-38(30)51-39/h1-26H. The molecule has 0 saturated carbocycles. The van der Waals surface area contributed by atoms with Crippen molar-refractivity contribution >= 4 is 87.1 Å². The molecule has 4 aromatic heterocycles. The van der Waals surface area contributed by atoms with Gasteiger partial charge in [-0.25, -0.2) is 9.97 Å².